The third-order valence-electron chi connectivity index (χ3n) is 3.96. The Bertz CT molecular complexity index is 470. The highest BCUT2D eigenvalue weighted by atomic mass is 16.5. The largest absolute Gasteiger partial charge is 0.497 e. The number of aryl methyl sites for hydroxylation is 1. The second kappa shape index (κ2) is 6.75. The molecule has 1 aliphatic heterocycles. The van der Waals surface area contributed by atoms with Crippen LogP contribution < -0.4 is 9.64 Å². The highest BCUT2D eigenvalue weighted by Gasteiger charge is 2.23. The summed E-state index contributed by atoms with van der Waals surface area (Å²) in [5.74, 6) is 1.06. The van der Waals surface area contributed by atoms with E-state index in [1.165, 1.54) is 5.56 Å². The standard InChI is InChI=1S/C16H24N2O2/c1-4-17(5-2)12-16(19)18-10-6-7-13-11-14(20-3)8-9-15(13)18/h8-9,11H,4-7,10,12H2,1-3H3. The van der Waals surface area contributed by atoms with Gasteiger partial charge in [0.2, 0.25) is 5.91 Å². The zero-order chi connectivity index (χ0) is 14.5. The minimum Gasteiger partial charge on any atom is -0.497 e. The first-order chi connectivity index (χ1) is 9.69. The van der Waals surface area contributed by atoms with Crippen molar-refractivity contribution in [3.05, 3.63) is 23.8 Å². The fourth-order valence-corrected chi connectivity index (χ4v) is 2.68. The summed E-state index contributed by atoms with van der Waals surface area (Å²) in [6.07, 6.45) is 2.03. The van der Waals surface area contributed by atoms with Gasteiger partial charge in [0.25, 0.3) is 0 Å². The maximum Gasteiger partial charge on any atom is 0.241 e. The van der Waals surface area contributed by atoms with Gasteiger partial charge in [0.1, 0.15) is 5.75 Å². The van der Waals surface area contributed by atoms with E-state index >= 15 is 0 Å². The Kier molecular flexibility index (Phi) is 5.01. The van der Waals surface area contributed by atoms with Crippen LogP contribution in [0.4, 0.5) is 5.69 Å². The average molecular weight is 276 g/mol. The molecule has 2 rings (SSSR count). The van der Waals surface area contributed by atoms with Gasteiger partial charge >= 0.3 is 0 Å². The van der Waals surface area contributed by atoms with Crippen LogP contribution >= 0.6 is 0 Å². The van der Waals surface area contributed by atoms with Gasteiger partial charge in [0.05, 0.1) is 13.7 Å². The molecule has 0 N–H and O–H groups in total. The summed E-state index contributed by atoms with van der Waals surface area (Å²) < 4.78 is 5.26. The Morgan fingerprint density at radius 2 is 2.10 bits per heavy atom. The molecule has 0 radical (unpaired) electrons. The molecule has 0 spiro atoms. The Hall–Kier alpha value is -1.55. The summed E-state index contributed by atoms with van der Waals surface area (Å²) in [6, 6.07) is 5.99. The Morgan fingerprint density at radius 3 is 2.75 bits per heavy atom. The van der Waals surface area contributed by atoms with Crippen LogP contribution in [0.3, 0.4) is 0 Å². The van der Waals surface area contributed by atoms with Crippen molar-refractivity contribution in [3.63, 3.8) is 0 Å². The summed E-state index contributed by atoms with van der Waals surface area (Å²) in [4.78, 5) is 16.6. The van der Waals surface area contributed by atoms with E-state index in [0.717, 1.165) is 43.9 Å². The van der Waals surface area contributed by atoms with Gasteiger partial charge < -0.3 is 9.64 Å². The molecule has 1 amide bonds. The maximum absolute atomic E-state index is 12.5. The molecular weight excluding hydrogens is 252 g/mol. The number of ether oxygens (including phenoxy) is 1. The number of anilines is 1. The van der Waals surface area contributed by atoms with Gasteiger partial charge in [0, 0.05) is 12.2 Å². The van der Waals surface area contributed by atoms with Gasteiger partial charge in [-0.25, -0.2) is 0 Å². The zero-order valence-electron chi connectivity index (χ0n) is 12.7. The van der Waals surface area contributed by atoms with E-state index in [1.807, 2.05) is 23.1 Å². The van der Waals surface area contributed by atoms with Crippen molar-refractivity contribution in [2.24, 2.45) is 0 Å². The number of methoxy groups -OCH3 is 1. The molecule has 0 aliphatic carbocycles. The van der Waals surface area contributed by atoms with E-state index in [2.05, 4.69) is 18.7 Å². The third kappa shape index (κ3) is 3.12. The topological polar surface area (TPSA) is 32.8 Å². The van der Waals surface area contributed by atoms with Crippen molar-refractivity contribution in [2.75, 3.05) is 38.2 Å². The first-order valence-electron chi connectivity index (χ1n) is 7.39. The van der Waals surface area contributed by atoms with E-state index in [-0.39, 0.29) is 5.91 Å². The molecule has 1 heterocycles. The van der Waals surface area contributed by atoms with E-state index in [0.29, 0.717) is 6.54 Å². The molecule has 0 aromatic heterocycles. The van der Waals surface area contributed by atoms with E-state index in [9.17, 15) is 4.79 Å². The lowest BCUT2D eigenvalue weighted by molar-refractivity contribution is -0.119. The minimum atomic E-state index is 0.194. The molecular formula is C16H24N2O2. The number of hydrogen-bond acceptors (Lipinski definition) is 3. The van der Waals surface area contributed by atoms with Gasteiger partial charge in [-0.05, 0) is 49.7 Å². The van der Waals surface area contributed by atoms with Crippen LogP contribution in [0.2, 0.25) is 0 Å². The van der Waals surface area contributed by atoms with E-state index in [4.69, 9.17) is 4.74 Å². The van der Waals surface area contributed by atoms with Crippen LogP contribution in [0.15, 0.2) is 18.2 Å². The first-order valence-corrected chi connectivity index (χ1v) is 7.39. The molecule has 0 fully saturated rings. The van der Waals surface area contributed by atoms with Crippen LogP contribution in [0.25, 0.3) is 0 Å². The molecule has 1 aromatic carbocycles. The third-order valence-corrected chi connectivity index (χ3v) is 3.96. The molecule has 0 bridgehead atoms. The summed E-state index contributed by atoms with van der Waals surface area (Å²) in [6.45, 7) is 7.31. The quantitative estimate of drug-likeness (QED) is 0.827. The Balaban J connectivity index is 2.17. The summed E-state index contributed by atoms with van der Waals surface area (Å²) in [5.41, 5.74) is 2.26. The summed E-state index contributed by atoms with van der Waals surface area (Å²) in [5, 5.41) is 0. The van der Waals surface area contributed by atoms with Gasteiger partial charge in [0.15, 0.2) is 0 Å². The molecule has 0 saturated heterocycles. The van der Waals surface area contributed by atoms with Crippen LogP contribution in [0, 0.1) is 0 Å². The molecule has 0 saturated carbocycles. The van der Waals surface area contributed by atoms with Crippen LogP contribution in [0.1, 0.15) is 25.8 Å². The normalized spacial score (nSPS) is 14.3. The number of amides is 1. The lowest BCUT2D eigenvalue weighted by Gasteiger charge is -2.31. The SMILES string of the molecule is CCN(CC)CC(=O)N1CCCc2cc(OC)ccc21. The van der Waals surface area contributed by atoms with Gasteiger partial charge in [-0.15, -0.1) is 0 Å². The number of nitrogens with zero attached hydrogens (tertiary/aromatic N) is 2. The Morgan fingerprint density at radius 1 is 1.35 bits per heavy atom. The minimum absolute atomic E-state index is 0.194. The number of rotatable bonds is 5. The van der Waals surface area contributed by atoms with Crippen molar-refractivity contribution >= 4 is 11.6 Å². The molecule has 1 aliphatic rings. The number of benzene rings is 1. The average Bonchev–Trinajstić information content (AvgIpc) is 2.51. The lowest BCUT2D eigenvalue weighted by atomic mass is 10.0. The molecule has 0 unspecified atom stereocenters. The molecule has 1 aromatic rings. The number of fused-ring (bicyclic) bond motifs is 1. The highest BCUT2D eigenvalue weighted by Crippen LogP contribution is 2.30. The van der Waals surface area contributed by atoms with Crippen LogP contribution in [-0.2, 0) is 11.2 Å². The maximum atomic E-state index is 12.5. The van der Waals surface area contributed by atoms with Gasteiger partial charge in [-0.1, -0.05) is 13.8 Å². The second-order valence-electron chi connectivity index (χ2n) is 5.10. The monoisotopic (exact) mass is 276 g/mol. The van der Waals surface area contributed by atoms with Gasteiger partial charge in [-0.3, -0.25) is 9.69 Å². The molecule has 0 atom stereocenters. The highest BCUT2D eigenvalue weighted by molar-refractivity contribution is 5.96. The zero-order valence-corrected chi connectivity index (χ0v) is 12.7. The Labute approximate surface area is 121 Å². The fraction of sp³-hybridized carbons (Fsp3) is 0.562. The van der Waals surface area contributed by atoms with E-state index < -0.39 is 0 Å². The van der Waals surface area contributed by atoms with Crippen molar-refractivity contribution in [3.8, 4) is 5.75 Å². The molecule has 4 nitrogen and oxygen atoms in total. The predicted octanol–water partition coefficient (Wildman–Crippen LogP) is 2.32. The number of carbonyl (C=O) groups excluding carboxylic acids is 1. The lowest BCUT2D eigenvalue weighted by Crippen LogP contribution is -2.42. The first kappa shape index (κ1) is 14.9. The van der Waals surface area contributed by atoms with Gasteiger partial charge in [-0.2, -0.15) is 0 Å². The van der Waals surface area contributed by atoms with E-state index in [1.54, 1.807) is 7.11 Å². The van der Waals surface area contributed by atoms with Crippen LogP contribution in [-0.4, -0.2) is 44.1 Å². The number of hydrogen-bond donors (Lipinski definition) is 0. The van der Waals surface area contributed by atoms with Crippen molar-refractivity contribution in [1.29, 1.82) is 0 Å². The smallest absolute Gasteiger partial charge is 0.241 e. The number of carbonyl (C=O) groups is 1. The fourth-order valence-electron chi connectivity index (χ4n) is 2.68. The summed E-state index contributed by atoms with van der Waals surface area (Å²) >= 11 is 0. The molecule has 4 heteroatoms. The van der Waals surface area contributed by atoms with Crippen LogP contribution in [0.5, 0.6) is 5.75 Å². The number of likely N-dealkylation sites (N-methyl/N-ethyl adjacent to an activating group) is 1. The van der Waals surface area contributed by atoms with Crippen molar-refractivity contribution in [1.82, 2.24) is 4.90 Å². The summed E-state index contributed by atoms with van der Waals surface area (Å²) in [7, 11) is 1.67. The second-order valence-corrected chi connectivity index (χ2v) is 5.10. The van der Waals surface area contributed by atoms with Crippen molar-refractivity contribution in [2.45, 2.75) is 26.7 Å². The van der Waals surface area contributed by atoms with Crippen molar-refractivity contribution < 1.29 is 9.53 Å². The predicted molar refractivity (Wildman–Crippen MR) is 81.5 cm³/mol. The molecule has 110 valence electrons. The molecule has 20 heavy (non-hydrogen) atoms.